The highest BCUT2D eigenvalue weighted by Crippen LogP contribution is 2.44. The quantitative estimate of drug-likeness (QED) is 0.842. The molecular weight excluding hydrogens is 372 g/mol. The number of amides is 1. The molecule has 2 fully saturated rings. The van der Waals surface area contributed by atoms with Crippen LogP contribution >= 0.6 is 11.3 Å². The normalized spacial score (nSPS) is 23.9. The van der Waals surface area contributed by atoms with Crippen molar-refractivity contribution < 1.29 is 9.53 Å². The van der Waals surface area contributed by atoms with Gasteiger partial charge in [-0.15, -0.1) is 11.3 Å². The van der Waals surface area contributed by atoms with Crippen LogP contribution in [0.3, 0.4) is 0 Å². The number of aromatic nitrogens is 2. The van der Waals surface area contributed by atoms with Crippen LogP contribution in [0.25, 0.3) is 0 Å². The fraction of sp³-hybridized carbons (Fsp3) is 0.619. The van der Waals surface area contributed by atoms with Crippen molar-refractivity contribution in [2.75, 3.05) is 32.8 Å². The minimum atomic E-state index is -0.175. The third-order valence-electron chi connectivity index (χ3n) is 6.47. The van der Waals surface area contributed by atoms with E-state index in [0.29, 0.717) is 0 Å². The van der Waals surface area contributed by atoms with Gasteiger partial charge in [0.15, 0.2) is 0 Å². The van der Waals surface area contributed by atoms with Crippen molar-refractivity contribution in [1.29, 1.82) is 0 Å². The van der Waals surface area contributed by atoms with E-state index in [1.165, 1.54) is 16.1 Å². The Balaban J connectivity index is 1.36. The third-order valence-corrected chi connectivity index (χ3v) is 7.65. The molecule has 1 spiro atoms. The molecule has 5 heterocycles. The summed E-state index contributed by atoms with van der Waals surface area (Å²) in [5.74, 6) is 0.174. The molecule has 2 aromatic rings. The molecule has 7 heteroatoms. The van der Waals surface area contributed by atoms with Crippen molar-refractivity contribution in [2.24, 2.45) is 0 Å². The number of carbonyl (C=O) groups excluding carboxylic acids is 1. The monoisotopic (exact) mass is 400 g/mol. The number of hydrogen-bond donors (Lipinski definition) is 1. The molecule has 2 saturated heterocycles. The van der Waals surface area contributed by atoms with Gasteiger partial charge in [0, 0.05) is 30.1 Å². The maximum Gasteiger partial charge on any atom is 0.264 e. The molecule has 0 saturated carbocycles. The van der Waals surface area contributed by atoms with Crippen LogP contribution in [-0.4, -0.2) is 53.4 Å². The van der Waals surface area contributed by atoms with E-state index in [1.807, 2.05) is 11.8 Å². The first-order chi connectivity index (χ1) is 13.6. The summed E-state index contributed by atoms with van der Waals surface area (Å²) < 4.78 is 8.37. The van der Waals surface area contributed by atoms with Crippen LogP contribution in [0.4, 0.5) is 0 Å². The number of thiophene rings is 1. The highest BCUT2D eigenvalue weighted by molar-refractivity contribution is 7.14. The van der Waals surface area contributed by atoms with Gasteiger partial charge in [0.05, 0.1) is 28.8 Å². The number of hydrogen-bond acceptors (Lipinski definition) is 5. The summed E-state index contributed by atoms with van der Waals surface area (Å²) in [6.07, 6.45) is 3.89. The highest BCUT2D eigenvalue weighted by atomic mass is 32.1. The second-order valence-corrected chi connectivity index (χ2v) is 9.49. The molecular formula is C21H28N4O2S. The Labute approximate surface area is 169 Å². The number of likely N-dealkylation sites (tertiary alicyclic amines) is 1. The SMILES string of the molecule is Cc1cc(C)n(C2CCN(C(=O)c3cc4c(s3)CCOC43CCNCC3)C2)n1. The largest absolute Gasteiger partial charge is 0.370 e. The van der Waals surface area contributed by atoms with Gasteiger partial charge in [0.25, 0.3) is 5.91 Å². The first-order valence-corrected chi connectivity index (χ1v) is 11.2. The van der Waals surface area contributed by atoms with Gasteiger partial charge in [-0.25, -0.2) is 0 Å². The summed E-state index contributed by atoms with van der Waals surface area (Å²) in [5.41, 5.74) is 3.32. The highest BCUT2D eigenvalue weighted by Gasteiger charge is 2.41. The lowest BCUT2D eigenvalue weighted by atomic mass is 9.83. The molecule has 0 radical (unpaired) electrons. The van der Waals surface area contributed by atoms with Crippen molar-refractivity contribution in [3.8, 4) is 0 Å². The molecule has 3 aliphatic heterocycles. The Morgan fingerprint density at radius 1 is 1.32 bits per heavy atom. The van der Waals surface area contributed by atoms with E-state index in [4.69, 9.17) is 4.74 Å². The Morgan fingerprint density at radius 2 is 2.14 bits per heavy atom. The fourth-order valence-corrected chi connectivity index (χ4v) is 6.26. The van der Waals surface area contributed by atoms with Gasteiger partial charge in [-0.3, -0.25) is 9.48 Å². The smallest absolute Gasteiger partial charge is 0.264 e. The first kappa shape index (κ1) is 18.3. The number of piperidine rings is 1. The standard InChI is InChI=1S/C21H28N4O2S/c1-14-11-15(2)25(23-14)16-3-9-24(13-16)20(26)19-12-17-18(28-19)4-10-27-21(17)5-7-22-8-6-21/h11-12,16,22H,3-10,13H2,1-2H3. The zero-order chi connectivity index (χ0) is 19.3. The van der Waals surface area contributed by atoms with Crippen LogP contribution in [0.2, 0.25) is 0 Å². The number of fused-ring (bicyclic) bond motifs is 2. The molecule has 1 N–H and O–H groups in total. The number of nitrogens with zero attached hydrogens (tertiary/aromatic N) is 3. The van der Waals surface area contributed by atoms with Gasteiger partial charge < -0.3 is 15.0 Å². The molecule has 28 heavy (non-hydrogen) atoms. The average Bonchev–Trinajstić information content (AvgIpc) is 3.40. The summed E-state index contributed by atoms with van der Waals surface area (Å²) in [6, 6.07) is 4.53. The molecule has 3 aliphatic rings. The molecule has 0 aliphatic carbocycles. The summed E-state index contributed by atoms with van der Waals surface area (Å²) >= 11 is 1.69. The zero-order valence-electron chi connectivity index (χ0n) is 16.7. The van der Waals surface area contributed by atoms with Crippen molar-refractivity contribution in [2.45, 2.75) is 51.2 Å². The van der Waals surface area contributed by atoms with Crippen LogP contribution in [-0.2, 0) is 16.8 Å². The van der Waals surface area contributed by atoms with E-state index in [-0.39, 0.29) is 17.6 Å². The molecule has 150 valence electrons. The van der Waals surface area contributed by atoms with Crippen molar-refractivity contribution in [1.82, 2.24) is 20.0 Å². The van der Waals surface area contributed by atoms with Crippen LogP contribution in [0.15, 0.2) is 12.1 Å². The number of carbonyl (C=O) groups is 1. The van der Waals surface area contributed by atoms with E-state index in [9.17, 15) is 4.79 Å². The third kappa shape index (κ3) is 3.00. The molecule has 5 rings (SSSR count). The fourth-order valence-electron chi connectivity index (χ4n) is 5.06. The number of rotatable bonds is 2. The minimum Gasteiger partial charge on any atom is -0.370 e. The van der Waals surface area contributed by atoms with E-state index < -0.39 is 0 Å². The lowest BCUT2D eigenvalue weighted by Gasteiger charge is -2.40. The topological polar surface area (TPSA) is 59.4 Å². The Hall–Kier alpha value is -1.70. The van der Waals surface area contributed by atoms with Gasteiger partial charge in [0.1, 0.15) is 0 Å². The summed E-state index contributed by atoms with van der Waals surface area (Å²) in [4.78, 5) is 17.5. The number of aryl methyl sites for hydroxylation is 2. The Morgan fingerprint density at radius 3 is 2.89 bits per heavy atom. The molecule has 1 unspecified atom stereocenters. The minimum absolute atomic E-state index is 0.174. The Bertz CT molecular complexity index is 896. The molecule has 2 aromatic heterocycles. The van der Waals surface area contributed by atoms with Crippen LogP contribution in [0, 0.1) is 13.8 Å². The zero-order valence-corrected chi connectivity index (χ0v) is 17.5. The van der Waals surface area contributed by atoms with Crippen molar-refractivity contribution in [3.63, 3.8) is 0 Å². The van der Waals surface area contributed by atoms with Gasteiger partial charge in [-0.2, -0.15) is 5.10 Å². The number of ether oxygens (including phenoxy) is 1. The van der Waals surface area contributed by atoms with Crippen LogP contribution in [0.1, 0.15) is 56.8 Å². The lowest BCUT2D eigenvalue weighted by molar-refractivity contribution is -0.0792. The summed E-state index contributed by atoms with van der Waals surface area (Å²) in [5, 5.41) is 8.06. The molecule has 0 aromatic carbocycles. The molecule has 0 bridgehead atoms. The van der Waals surface area contributed by atoms with Gasteiger partial charge in [-0.05, 0) is 63.9 Å². The van der Waals surface area contributed by atoms with E-state index in [2.05, 4.69) is 34.2 Å². The predicted molar refractivity (Wildman–Crippen MR) is 109 cm³/mol. The second kappa shape index (κ2) is 6.97. The van der Waals surface area contributed by atoms with Crippen LogP contribution in [0.5, 0.6) is 0 Å². The Kier molecular flexibility index (Phi) is 4.56. The average molecular weight is 401 g/mol. The summed E-state index contributed by atoms with van der Waals surface area (Å²) in [7, 11) is 0. The van der Waals surface area contributed by atoms with E-state index >= 15 is 0 Å². The van der Waals surface area contributed by atoms with Gasteiger partial charge >= 0.3 is 0 Å². The van der Waals surface area contributed by atoms with Gasteiger partial charge in [-0.1, -0.05) is 0 Å². The molecule has 6 nitrogen and oxygen atoms in total. The van der Waals surface area contributed by atoms with Crippen molar-refractivity contribution in [3.05, 3.63) is 38.8 Å². The second-order valence-electron chi connectivity index (χ2n) is 8.36. The van der Waals surface area contributed by atoms with Crippen LogP contribution < -0.4 is 5.32 Å². The van der Waals surface area contributed by atoms with Gasteiger partial charge in [0.2, 0.25) is 0 Å². The van der Waals surface area contributed by atoms with E-state index in [1.54, 1.807) is 11.3 Å². The van der Waals surface area contributed by atoms with E-state index in [0.717, 1.165) is 69.0 Å². The number of nitrogens with one attached hydrogen (secondary N) is 1. The first-order valence-electron chi connectivity index (χ1n) is 10.4. The van der Waals surface area contributed by atoms with Crippen molar-refractivity contribution >= 4 is 17.2 Å². The summed E-state index contributed by atoms with van der Waals surface area (Å²) in [6.45, 7) is 8.40. The maximum atomic E-state index is 13.3. The predicted octanol–water partition coefficient (Wildman–Crippen LogP) is 2.80. The molecule has 1 atom stereocenters. The molecule has 1 amide bonds. The maximum absolute atomic E-state index is 13.3. The lowest BCUT2D eigenvalue weighted by Crippen LogP contribution is -2.44.